The van der Waals surface area contributed by atoms with Gasteiger partial charge in [0.1, 0.15) is 5.82 Å². The maximum Gasteiger partial charge on any atom is 0.339 e. The average Bonchev–Trinajstić information content (AvgIpc) is 3.22. The van der Waals surface area contributed by atoms with E-state index in [0.29, 0.717) is 11.1 Å². The van der Waals surface area contributed by atoms with Gasteiger partial charge in [-0.2, -0.15) is 0 Å². The van der Waals surface area contributed by atoms with Crippen LogP contribution in [-0.4, -0.2) is 16.7 Å². The number of benzene rings is 3. The molecule has 1 N–H and O–H groups in total. The number of rotatable bonds is 6. The number of aryl methyl sites for hydroxylation is 1. The second-order valence-electron chi connectivity index (χ2n) is 6.97. The maximum absolute atomic E-state index is 13.5. The summed E-state index contributed by atoms with van der Waals surface area (Å²) < 4.78 is 19.1. The molecular weight excluding hydrogens is 381 g/mol. The molecule has 0 saturated carbocycles. The molecule has 0 unspecified atom stereocenters. The molecule has 0 saturated heterocycles. The lowest BCUT2D eigenvalue weighted by atomic mass is 9.98. The summed E-state index contributed by atoms with van der Waals surface area (Å²) in [5.41, 5.74) is 3.04. The topological polar surface area (TPSA) is 59.2 Å². The van der Waals surface area contributed by atoms with Crippen LogP contribution in [0.1, 0.15) is 44.9 Å². The fourth-order valence-corrected chi connectivity index (χ4v) is 3.55. The molecule has 0 radical (unpaired) electrons. The van der Waals surface area contributed by atoms with Gasteiger partial charge in [-0.1, -0.05) is 61.5 Å². The third-order valence-electron chi connectivity index (χ3n) is 5.07. The number of fused-ring (bicyclic) bond motifs is 1. The van der Waals surface area contributed by atoms with Crippen molar-refractivity contribution < 1.29 is 18.7 Å². The number of halogens is 1. The Labute approximate surface area is 173 Å². The molecule has 0 spiro atoms. The van der Waals surface area contributed by atoms with E-state index in [2.05, 4.69) is 4.98 Å². The maximum atomic E-state index is 13.5. The summed E-state index contributed by atoms with van der Waals surface area (Å²) in [6.07, 6.45) is 1.33. The van der Waals surface area contributed by atoms with E-state index in [1.54, 1.807) is 30.5 Å². The second kappa shape index (κ2) is 8.33. The van der Waals surface area contributed by atoms with Crippen molar-refractivity contribution in [1.29, 1.82) is 0 Å². The number of Topliss-reactive ketones (excluding diaryl/α,β-unsaturated/α-hetero) is 1. The average molecular weight is 401 g/mol. The predicted molar refractivity (Wildman–Crippen MR) is 113 cm³/mol. The molecule has 4 aromatic rings. The van der Waals surface area contributed by atoms with Crippen molar-refractivity contribution in [3.8, 4) is 0 Å². The van der Waals surface area contributed by atoms with Crippen molar-refractivity contribution >= 4 is 22.7 Å². The minimum absolute atomic E-state index is 0.0518. The number of carbonyl (C=O) groups excluding carboxylic acids is 2. The molecule has 1 atom stereocenters. The summed E-state index contributed by atoms with van der Waals surface area (Å²) in [5.74, 6) is -1.65. The molecule has 0 bridgehead atoms. The number of para-hydroxylation sites is 1. The molecule has 0 amide bonds. The molecular formula is C25H20FNO3. The van der Waals surface area contributed by atoms with Crippen molar-refractivity contribution in [2.24, 2.45) is 0 Å². The second-order valence-corrected chi connectivity index (χ2v) is 6.97. The number of esters is 1. The van der Waals surface area contributed by atoms with E-state index in [9.17, 15) is 14.0 Å². The summed E-state index contributed by atoms with van der Waals surface area (Å²) in [4.78, 5) is 29.3. The standard InChI is InChI=1S/C25H20FNO3/c1-2-16-10-7-13-20-21(15-27-22(16)20)23(28)24(17-8-4-3-5-9-17)30-25(29)18-11-6-12-19(26)14-18/h3-15,24,27H,2H2,1H3/t24-/m0/s1. The molecule has 0 aliphatic rings. The number of H-pyrrole nitrogens is 1. The molecule has 1 heterocycles. The van der Waals surface area contributed by atoms with Gasteiger partial charge in [-0.3, -0.25) is 4.79 Å². The van der Waals surface area contributed by atoms with Crippen LogP contribution in [0, 0.1) is 5.82 Å². The van der Waals surface area contributed by atoms with Gasteiger partial charge >= 0.3 is 5.97 Å². The molecule has 4 rings (SSSR count). The number of aromatic amines is 1. The number of ketones is 1. The third kappa shape index (κ3) is 3.74. The van der Waals surface area contributed by atoms with Crippen LogP contribution in [0.25, 0.3) is 10.9 Å². The fourth-order valence-electron chi connectivity index (χ4n) is 3.55. The lowest BCUT2D eigenvalue weighted by Gasteiger charge is -2.17. The molecule has 3 aromatic carbocycles. The SMILES string of the molecule is CCc1cccc2c(C(=O)[C@@H](OC(=O)c3cccc(F)c3)c3ccccc3)c[nH]c12. The monoisotopic (exact) mass is 401 g/mol. The summed E-state index contributed by atoms with van der Waals surface area (Å²) in [6.45, 7) is 2.05. The van der Waals surface area contributed by atoms with Crippen LogP contribution < -0.4 is 0 Å². The third-order valence-corrected chi connectivity index (χ3v) is 5.07. The number of hydrogen-bond acceptors (Lipinski definition) is 3. The minimum Gasteiger partial charge on any atom is -0.445 e. The highest BCUT2D eigenvalue weighted by Crippen LogP contribution is 2.29. The molecule has 0 aliphatic heterocycles. The Kier molecular flexibility index (Phi) is 5.44. The van der Waals surface area contributed by atoms with E-state index in [1.165, 1.54) is 18.2 Å². The van der Waals surface area contributed by atoms with Crippen molar-refractivity contribution in [2.45, 2.75) is 19.4 Å². The van der Waals surface area contributed by atoms with Crippen LogP contribution in [0.3, 0.4) is 0 Å². The zero-order chi connectivity index (χ0) is 21.1. The van der Waals surface area contributed by atoms with Crippen molar-refractivity contribution in [3.63, 3.8) is 0 Å². The van der Waals surface area contributed by atoms with Crippen LogP contribution in [0.15, 0.2) is 79.0 Å². The highest BCUT2D eigenvalue weighted by Gasteiger charge is 2.29. The van der Waals surface area contributed by atoms with E-state index in [4.69, 9.17) is 4.74 Å². The highest BCUT2D eigenvalue weighted by atomic mass is 19.1. The zero-order valence-corrected chi connectivity index (χ0v) is 16.4. The first-order valence-corrected chi connectivity index (χ1v) is 9.73. The van der Waals surface area contributed by atoms with E-state index in [-0.39, 0.29) is 11.3 Å². The summed E-state index contributed by atoms with van der Waals surface area (Å²) in [7, 11) is 0. The smallest absolute Gasteiger partial charge is 0.339 e. The van der Waals surface area contributed by atoms with Gasteiger partial charge in [-0.05, 0) is 30.2 Å². The molecule has 4 nitrogen and oxygen atoms in total. The number of hydrogen-bond donors (Lipinski definition) is 1. The van der Waals surface area contributed by atoms with Crippen molar-refractivity contribution in [1.82, 2.24) is 4.98 Å². The Morgan fingerprint density at radius 2 is 1.77 bits per heavy atom. The normalized spacial score (nSPS) is 11.9. The van der Waals surface area contributed by atoms with Crippen molar-refractivity contribution in [2.75, 3.05) is 0 Å². The van der Waals surface area contributed by atoms with Crippen molar-refractivity contribution in [3.05, 3.63) is 107 Å². The summed E-state index contributed by atoms with van der Waals surface area (Å²) in [5, 5.41) is 0.780. The van der Waals surface area contributed by atoms with E-state index in [1.807, 2.05) is 31.2 Å². The van der Waals surface area contributed by atoms with E-state index >= 15 is 0 Å². The van der Waals surface area contributed by atoms with Crippen LogP contribution in [0.2, 0.25) is 0 Å². The molecule has 1 aromatic heterocycles. The van der Waals surface area contributed by atoms with E-state index in [0.717, 1.165) is 29.0 Å². The summed E-state index contributed by atoms with van der Waals surface area (Å²) in [6, 6.07) is 19.8. The molecule has 5 heteroatoms. The lowest BCUT2D eigenvalue weighted by molar-refractivity contribution is 0.0280. The van der Waals surface area contributed by atoms with Gasteiger partial charge in [0, 0.05) is 28.2 Å². The Balaban J connectivity index is 1.73. The fraction of sp³-hybridized carbons (Fsp3) is 0.120. The van der Waals surface area contributed by atoms with Gasteiger partial charge in [0.05, 0.1) is 5.56 Å². The first-order valence-electron chi connectivity index (χ1n) is 9.73. The van der Waals surface area contributed by atoms with Gasteiger partial charge in [0.2, 0.25) is 5.78 Å². The Morgan fingerprint density at radius 1 is 1.00 bits per heavy atom. The molecule has 150 valence electrons. The van der Waals surface area contributed by atoms with E-state index < -0.39 is 17.9 Å². The van der Waals surface area contributed by atoms with Gasteiger partial charge in [0.15, 0.2) is 6.10 Å². The summed E-state index contributed by atoms with van der Waals surface area (Å²) >= 11 is 0. The van der Waals surface area contributed by atoms with Crippen LogP contribution >= 0.6 is 0 Å². The number of ether oxygens (including phenoxy) is 1. The number of carbonyl (C=O) groups is 2. The van der Waals surface area contributed by atoms with Crippen LogP contribution in [-0.2, 0) is 11.2 Å². The molecule has 0 aliphatic carbocycles. The van der Waals surface area contributed by atoms with Gasteiger partial charge in [0.25, 0.3) is 0 Å². The van der Waals surface area contributed by atoms with Crippen LogP contribution in [0.4, 0.5) is 4.39 Å². The van der Waals surface area contributed by atoms with Crippen LogP contribution in [0.5, 0.6) is 0 Å². The highest BCUT2D eigenvalue weighted by molar-refractivity contribution is 6.11. The first kappa shape index (κ1) is 19.6. The van der Waals surface area contributed by atoms with Gasteiger partial charge < -0.3 is 9.72 Å². The quantitative estimate of drug-likeness (QED) is 0.335. The molecule has 0 fully saturated rings. The Bertz CT molecular complexity index is 1210. The Hall–Kier alpha value is -3.73. The lowest BCUT2D eigenvalue weighted by Crippen LogP contribution is -2.20. The number of nitrogens with one attached hydrogen (secondary N) is 1. The predicted octanol–water partition coefficient (Wildman–Crippen LogP) is 5.65. The van der Waals surface area contributed by atoms with Gasteiger partial charge in [-0.25, -0.2) is 9.18 Å². The zero-order valence-electron chi connectivity index (χ0n) is 16.4. The first-order chi connectivity index (χ1) is 14.6. The Morgan fingerprint density at radius 3 is 2.50 bits per heavy atom. The largest absolute Gasteiger partial charge is 0.445 e. The van der Waals surface area contributed by atoms with Gasteiger partial charge in [-0.15, -0.1) is 0 Å². The molecule has 30 heavy (non-hydrogen) atoms. The minimum atomic E-state index is -1.15. The number of aromatic nitrogens is 1.